The van der Waals surface area contributed by atoms with Crippen LogP contribution in [0.1, 0.15) is 6.92 Å². The maximum Gasteiger partial charge on any atom is 0.260 e. The van der Waals surface area contributed by atoms with Gasteiger partial charge in [-0.3, -0.25) is 9.78 Å². The molecule has 1 unspecified atom stereocenters. The van der Waals surface area contributed by atoms with Crippen LogP contribution in [0, 0.1) is 0 Å². The van der Waals surface area contributed by atoms with Crippen LogP contribution in [0.3, 0.4) is 0 Å². The molecular formula is C14H19N5O. The summed E-state index contributed by atoms with van der Waals surface area (Å²) in [5.41, 5.74) is 6.83. The number of hydrogen-bond acceptors (Lipinski definition) is 5. The normalized spacial score (nSPS) is 20.5. The Morgan fingerprint density at radius 2 is 2.20 bits per heavy atom. The molecule has 0 radical (unpaired) electrons. The van der Waals surface area contributed by atoms with Crippen LogP contribution in [0.15, 0.2) is 23.0 Å². The second-order valence-electron chi connectivity index (χ2n) is 5.44. The van der Waals surface area contributed by atoms with Gasteiger partial charge < -0.3 is 15.5 Å². The van der Waals surface area contributed by atoms with E-state index < -0.39 is 0 Å². The molecule has 1 aromatic heterocycles. The SMILES string of the molecule is CC1CN(c2nc3ccc(N)cc3c(=O)[nH]2)CCN1C. The van der Waals surface area contributed by atoms with Crippen molar-refractivity contribution in [1.82, 2.24) is 14.9 Å². The summed E-state index contributed by atoms with van der Waals surface area (Å²) in [6.45, 7) is 4.86. The van der Waals surface area contributed by atoms with Crippen molar-refractivity contribution in [3.05, 3.63) is 28.6 Å². The molecule has 0 spiro atoms. The third-order valence-electron chi connectivity index (χ3n) is 3.98. The van der Waals surface area contributed by atoms with Gasteiger partial charge in [0, 0.05) is 31.4 Å². The summed E-state index contributed by atoms with van der Waals surface area (Å²) in [7, 11) is 2.11. The maximum atomic E-state index is 12.2. The number of anilines is 2. The van der Waals surface area contributed by atoms with Gasteiger partial charge in [-0.05, 0) is 32.2 Å². The third-order valence-corrected chi connectivity index (χ3v) is 3.98. The molecule has 1 saturated heterocycles. The Morgan fingerprint density at radius 3 is 2.95 bits per heavy atom. The molecule has 1 aromatic carbocycles. The molecule has 0 aliphatic carbocycles. The Bertz CT molecular complexity index is 696. The molecule has 0 saturated carbocycles. The number of fused-ring (bicyclic) bond motifs is 1. The average Bonchev–Trinajstić information content (AvgIpc) is 2.42. The number of H-pyrrole nitrogens is 1. The summed E-state index contributed by atoms with van der Waals surface area (Å²) < 4.78 is 0. The maximum absolute atomic E-state index is 12.2. The summed E-state index contributed by atoms with van der Waals surface area (Å²) in [6.07, 6.45) is 0. The van der Waals surface area contributed by atoms with Crippen LogP contribution in [-0.2, 0) is 0 Å². The summed E-state index contributed by atoms with van der Waals surface area (Å²) in [4.78, 5) is 24.0. The van der Waals surface area contributed by atoms with E-state index in [9.17, 15) is 4.79 Å². The molecule has 1 aliphatic rings. The lowest BCUT2D eigenvalue weighted by molar-refractivity contribution is 0.233. The number of benzene rings is 1. The second kappa shape index (κ2) is 4.79. The number of nitrogens with zero attached hydrogens (tertiary/aromatic N) is 3. The molecule has 2 heterocycles. The van der Waals surface area contributed by atoms with Crippen molar-refractivity contribution in [2.75, 3.05) is 37.3 Å². The molecule has 6 heteroatoms. The Balaban J connectivity index is 2.01. The van der Waals surface area contributed by atoms with Crippen LogP contribution in [0.4, 0.5) is 11.6 Å². The van der Waals surface area contributed by atoms with E-state index in [-0.39, 0.29) is 5.56 Å². The van der Waals surface area contributed by atoms with Gasteiger partial charge in [0.15, 0.2) is 0 Å². The number of nitrogens with two attached hydrogens (primary N) is 1. The van der Waals surface area contributed by atoms with E-state index in [4.69, 9.17) is 5.73 Å². The molecular weight excluding hydrogens is 254 g/mol. The van der Waals surface area contributed by atoms with E-state index in [0.717, 1.165) is 19.6 Å². The number of aromatic amines is 1. The van der Waals surface area contributed by atoms with E-state index in [2.05, 4.69) is 33.7 Å². The largest absolute Gasteiger partial charge is 0.399 e. The third kappa shape index (κ3) is 2.22. The highest BCUT2D eigenvalue weighted by Gasteiger charge is 2.22. The minimum absolute atomic E-state index is 0.135. The van der Waals surface area contributed by atoms with Crippen LogP contribution in [0.25, 0.3) is 10.9 Å². The summed E-state index contributed by atoms with van der Waals surface area (Å²) in [6, 6.07) is 5.67. The molecule has 3 N–H and O–H groups in total. The van der Waals surface area contributed by atoms with Crippen molar-refractivity contribution in [2.45, 2.75) is 13.0 Å². The van der Waals surface area contributed by atoms with Crippen molar-refractivity contribution in [3.63, 3.8) is 0 Å². The molecule has 1 fully saturated rings. The van der Waals surface area contributed by atoms with Gasteiger partial charge in [0.2, 0.25) is 5.95 Å². The number of piperazine rings is 1. The predicted molar refractivity (Wildman–Crippen MR) is 81.1 cm³/mol. The van der Waals surface area contributed by atoms with Gasteiger partial charge in [-0.15, -0.1) is 0 Å². The van der Waals surface area contributed by atoms with Crippen molar-refractivity contribution >= 4 is 22.5 Å². The molecule has 2 aromatic rings. The lowest BCUT2D eigenvalue weighted by Gasteiger charge is -2.37. The molecule has 6 nitrogen and oxygen atoms in total. The number of rotatable bonds is 1. The highest BCUT2D eigenvalue weighted by atomic mass is 16.1. The molecule has 1 aliphatic heterocycles. The van der Waals surface area contributed by atoms with Crippen molar-refractivity contribution in [2.24, 2.45) is 0 Å². The lowest BCUT2D eigenvalue weighted by atomic mass is 10.2. The Morgan fingerprint density at radius 1 is 1.40 bits per heavy atom. The van der Waals surface area contributed by atoms with E-state index in [1.165, 1.54) is 0 Å². The average molecular weight is 273 g/mol. The van der Waals surface area contributed by atoms with Gasteiger partial charge in [-0.2, -0.15) is 0 Å². The first-order chi connectivity index (χ1) is 9.54. The van der Waals surface area contributed by atoms with Gasteiger partial charge in [0.1, 0.15) is 0 Å². The lowest BCUT2D eigenvalue weighted by Crippen LogP contribution is -2.50. The van der Waals surface area contributed by atoms with E-state index in [1.54, 1.807) is 18.2 Å². The highest BCUT2D eigenvalue weighted by molar-refractivity contribution is 5.81. The highest BCUT2D eigenvalue weighted by Crippen LogP contribution is 2.17. The number of likely N-dealkylation sites (N-methyl/N-ethyl adjacent to an activating group) is 1. The van der Waals surface area contributed by atoms with Crippen LogP contribution in [-0.4, -0.2) is 47.6 Å². The Labute approximate surface area is 117 Å². The monoisotopic (exact) mass is 273 g/mol. The summed E-state index contributed by atoms with van der Waals surface area (Å²) in [5.74, 6) is 0.646. The second-order valence-corrected chi connectivity index (χ2v) is 5.44. The molecule has 1 atom stereocenters. The van der Waals surface area contributed by atoms with Gasteiger partial charge in [-0.1, -0.05) is 0 Å². The van der Waals surface area contributed by atoms with Gasteiger partial charge >= 0.3 is 0 Å². The summed E-state index contributed by atoms with van der Waals surface area (Å²) >= 11 is 0. The van der Waals surface area contributed by atoms with Crippen molar-refractivity contribution < 1.29 is 0 Å². The van der Waals surface area contributed by atoms with Crippen molar-refractivity contribution in [1.29, 1.82) is 0 Å². The number of nitrogen functional groups attached to an aromatic ring is 1. The standard InChI is InChI=1S/C14H19N5O/c1-9-8-19(6-5-18(9)2)14-16-12-4-3-10(15)7-11(12)13(20)17-14/h3-4,7,9H,5-6,8,15H2,1-2H3,(H,16,17,20). The Hall–Kier alpha value is -2.08. The van der Waals surface area contributed by atoms with Crippen molar-refractivity contribution in [3.8, 4) is 0 Å². The first-order valence-corrected chi connectivity index (χ1v) is 6.79. The number of nitrogens with one attached hydrogen (secondary N) is 1. The smallest absolute Gasteiger partial charge is 0.260 e. The minimum Gasteiger partial charge on any atom is -0.399 e. The number of hydrogen-bond donors (Lipinski definition) is 2. The van der Waals surface area contributed by atoms with E-state index in [1.807, 2.05) is 0 Å². The predicted octanol–water partition coefficient (Wildman–Crippen LogP) is 0.646. The van der Waals surface area contributed by atoms with E-state index >= 15 is 0 Å². The van der Waals surface area contributed by atoms with Crippen LogP contribution >= 0.6 is 0 Å². The zero-order valence-electron chi connectivity index (χ0n) is 11.8. The fourth-order valence-electron chi connectivity index (χ4n) is 2.53. The van der Waals surface area contributed by atoms with E-state index in [0.29, 0.717) is 28.6 Å². The first kappa shape index (κ1) is 12.9. The van der Waals surface area contributed by atoms with Gasteiger partial charge in [0.25, 0.3) is 5.56 Å². The van der Waals surface area contributed by atoms with Crippen LogP contribution in [0.5, 0.6) is 0 Å². The molecule has 20 heavy (non-hydrogen) atoms. The molecule has 0 amide bonds. The summed E-state index contributed by atoms with van der Waals surface area (Å²) in [5, 5.41) is 0.538. The zero-order valence-corrected chi connectivity index (χ0v) is 11.8. The fraction of sp³-hybridized carbons (Fsp3) is 0.429. The number of aromatic nitrogens is 2. The minimum atomic E-state index is -0.135. The topological polar surface area (TPSA) is 78.2 Å². The van der Waals surface area contributed by atoms with Gasteiger partial charge in [-0.25, -0.2) is 4.98 Å². The molecule has 106 valence electrons. The molecule has 0 bridgehead atoms. The van der Waals surface area contributed by atoms with Crippen LogP contribution in [0.2, 0.25) is 0 Å². The fourth-order valence-corrected chi connectivity index (χ4v) is 2.53. The van der Waals surface area contributed by atoms with Gasteiger partial charge in [0.05, 0.1) is 10.9 Å². The molecule has 3 rings (SSSR count). The quantitative estimate of drug-likeness (QED) is 0.746. The zero-order chi connectivity index (χ0) is 14.3. The first-order valence-electron chi connectivity index (χ1n) is 6.79. The Kier molecular flexibility index (Phi) is 3.10. The van der Waals surface area contributed by atoms with Crippen LogP contribution < -0.4 is 16.2 Å².